The maximum atomic E-state index is 5.70. The van der Waals surface area contributed by atoms with E-state index in [1.165, 1.54) is 5.56 Å². The first-order valence-electron chi connectivity index (χ1n) is 6.74. The molecule has 1 N–H and O–H groups in total. The zero-order valence-electron chi connectivity index (χ0n) is 11.9. The maximum absolute atomic E-state index is 5.70. The van der Waals surface area contributed by atoms with Gasteiger partial charge in [0.05, 0.1) is 12.6 Å². The van der Waals surface area contributed by atoms with Crippen molar-refractivity contribution in [2.24, 2.45) is 0 Å². The van der Waals surface area contributed by atoms with Gasteiger partial charge in [0.25, 0.3) is 0 Å². The van der Waals surface area contributed by atoms with Gasteiger partial charge in [-0.15, -0.1) is 0 Å². The second-order valence-electron chi connectivity index (χ2n) is 4.84. The molecule has 1 aromatic carbocycles. The average molecular weight is 265 g/mol. The zero-order chi connectivity index (χ0) is 13.7. The second kappa shape index (κ2) is 6.89. The molecule has 0 radical (unpaired) electrons. The minimum atomic E-state index is -0.222. The summed E-state index contributed by atoms with van der Waals surface area (Å²) in [4.78, 5) is 0. The molecule has 0 amide bonds. The molecule has 2 atom stereocenters. The van der Waals surface area contributed by atoms with Crippen LogP contribution in [0.2, 0.25) is 0 Å². The van der Waals surface area contributed by atoms with Crippen LogP contribution in [-0.4, -0.2) is 40.2 Å². The minimum absolute atomic E-state index is 0.172. The van der Waals surface area contributed by atoms with Crippen molar-refractivity contribution in [1.82, 2.24) is 5.32 Å². The number of fused-ring (bicyclic) bond motifs is 1. The number of methoxy groups -OCH3 is 2. The van der Waals surface area contributed by atoms with E-state index in [9.17, 15) is 0 Å². The number of rotatable bonds is 6. The number of likely N-dealkylation sites (N-methyl/N-ethyl adjacent to an activating group) is 1. The van der Waals surface area contributed by atoms with Gasteiger partial charge in [0, 0.05) is 14.2 Å². The van der Waals surface area contributed by atoms with Crippen LogP contribution in [0.15, 0.2) is 24.3 Å². The monoisotopic (exact) mass is 265 g/mol. The van der Waals surface area contributed by atoms with E-state index in [-0.39, 0.29) is 12.3 Å². The van der Waals surface area contributed by atoms with Gasteiger partial charge < -0.3 is 19.5 Å². The van der Waals surface area contributed by atoms with Gasteiger partial charge in [-0.2, -0.15) is 0 Å². The quantitative estimate of drug-likeness (QED) is 0.800. The number of nitrogens with one attached hydrogen (secondary N) is 1. The van der Waals surface area contributed by atoms with E-state index in [1.807, 2.05) is 19.2 Å². The topological polar surface area (TPSA) is 39.7 Å². The Morgan fingerprint density at radius 3 is 2.74 bits per heavy atom. The summed E-state index contributed by atoms with van der Waals surface area (Å²) in [6, 6.07) is 8.45. The van der Waals surface area contributed by atoms with Crippen LogP contribution < -0.4 is 10.1 Å². The van der Waals surface area contributed by atoms with Gasteiger partial charge >= 0.3 is 0 Å². The van der Waals surface area contributed by atoms with Gasteiger partial charge in [0.15, 0.2) is 6.29 Å². The Labute approximate surface area is 115 Å². The van der Waals surface area contributed by atoms with Crippen LogP contribution in [0, 0.1) is 0 Å². The van der Waals surface area contributed by atoms with Gasteiger partial charge in [-0.05, 0) is 37.4 Å². The van der Waals surface area contributed by atoms with Gasteiger partial charge in [-0.25, -0.2) is 0 Å². The summed E-state index contributed by atoms with van der Waals surface area (Å²) in [7, 11) is 5.30. The van der Waals surface area contributed by atoms with Gasteiger partial charge in [0.1, 0.15) is 5.75 Å². The molecule has 0 bridgehead atoms. The lowest BCUT2D eigenvalue weighted by Gasteiger charge is -2.31. The molecule has 1 aromatic rings. The number of ether oxygens (including phenoxy) is 3. The lowest BCUT2D eigenvalue weighted by Crippen LogP contribution is -2.41. The lowest BCUT2D eigenvalue weighted by molar-refractivity contribution is -0.124. The summed E-state index contributed by atoms with van der Waals surface area (Å²) >= 11 is 0. The Balaban J connectivity index is 2.10. The lowest BCUT2D eigenvalue weighted by atomic mass is 9.87. The third-order valence-corrected chi connectivity index (χ3v) is 3.79. The summed E-state index contributed by atoms with van der Waals surface area (Å²) in [5, 5.41) is 3.29. The summed E-state index contributed by atoms with van der Waals surface area (Å²) in [6.07, 6.45) is 1.79. The van der Waals surface area contributed by atoms with Crippen LogP contribution in [0.1, 0.15) is 24.3 Å². The van der Waals surface area contributed by atoms with Crippen LogP contribution in [0.5, 0.6) is 5.75 Å². The fraction of sp³-hybridized carbons (Fsp3) is 0.600. The first-order chi connectivity index (χ1) is 9.30. The summed E-state index contributed by atoms with van der Waals surface area (Å²) in [5.74, 6) is 1.50. The van der Waals surface area contributed by atoms with Crippen molar-refractivity contribution >= 4 is 0 Å². The highest BCUT2D eigenvalue weighted by atomic mass is 16.7. The van der Waals surface area contributed by atoms with Crippen molar-refractivity contribution in [3.8, 4) is 5.75 Å². The third-order valence-electron chi connectivity index (χ3n) is 3.79. The number of benzene rings is 1. The average Bonchev–Trinajstić information content (AvgIpc) is 2.47. The third kappa shape index (κ3) is 3.26. The number of hydrogen-bond acceptors (Lipinski definition) is 4. The maximum Gasteiger partial charge on any atom is 0.171 e. The molecule has 0 aromatic heterocycles. The first kappa shape index (κ1) is 14.3. The van der Waals surface area contributed by atoms with Crippen LogP contribution >= 0.6 is 0 Å². The molecule has 0 fully saturated rings. The second-order valence-corrected chi connectivity index (χ2v) is 4.84. The van der Waals surface area contributed by atoms with Gasteiger partial charge in [-0.1, -0.05) is 18.2 Å². The van der Waals surface area contributed by atoms with E-state index in [4.69, 9.17) is 14.2 Å². The van der Waals surface area contributed by atoms with Crippen molar-refractivity contribution < 1.29 is 14.2 Å². The molecule has 0 aliphatic carbocycles. The van der Waals surface area contributed by atoms with E-state index in [1.54, 1.807) is 14.2 Å². The number of hydrogen-bond donors (Lipinski definition) is 1. The van der Waals surface area contributed by atoms with E-state index in [0.717, 1.165) is 25.2 Å². The van der Waals surface area contributed by atoms with Crippen molar-refractivity contribution in [2.45, 2.75) is 31.1 Å². The molecule has 19 heavy (non-hydrogen) atoms. The predicted octanol–water partition coefficient (Wildman–Crippen LogP) is 2.15. The van der Waals surface area contributed by atoms with Gasteiger partial charge in [0.2, 0.25) is 0 Å². The Kier molecular flexibility index (Phi) is 5.19. The highest BCUT2D eigenvalue weighted by molar-refractivity contribution is 5.37. The fourth-order valence-electron chi connectivity index (χ4n) is 2.76. The van der Waals surface area contributed by atoms with E-state index in [0.29, 0.717) is 5.92 Å². The Morgan fingerprint density at radius 1 is 1.32 bits per heavy atom. The van der Waals surface area contributed by atoms with Crippen molar-refractivity contribution in [3.63, 3.8) is 0 Å². The SMILES string of the molecule is CNC(CC1CCOc2ccccc21)C(OC)OC. The fourth-order valence-corrected chi connectivity index (χ4v) is 2.76. The molecule has 1 heterocycles. The van der Waals surface area contributed by atoms with Crippen LogP contribution in [0.4, 0.5) is 0 Å². The van der Waals surface area contributed by atoms with E-state index in [2.05, 4.69) is 17.4 Å². The first-order valence-corrected chi connectivity index (χ1v) is 6.74. The van der Waals surface area contributed by atoms with Crippen molar-refractivity contribution in [3.05, 3.63) is 29.8 Å². The van der Waals surface area contributed by atoms with Crippen molar-refractivity contribution in [2.75, 3.05) is 27.9 Å². The molecule has 4 heteroatoms. The molecule has 106 valence electrons. The van der Waals surface area contributed by atoms with Crippen LogP contribution in [0.3, 0.4) is 0 Å². The molecule has 1 aliphatic heterocycles. The van der Waals surface area contributed by atoms with Gasteiger partial charge in [-0.3, -0.25) is 0 Å². The van der Waals surface area contributed by atoms with Crippen LogP contribution in [-0.2, 0) is 9.47 Å². The minimum Gasteiger partial charge on any atom is -0.493 e. The summed E-state index contributed by atoms with van der Waals surface area (Å²) < 4.78 is 16.4. The van der Waals surface area contributed by atoms with Crippen molar-refractivity contribution in [1.29, 1.82) is 0 Å². The highest BCUT2D eigenvalue weighted by Gasteiger charge is 2.27. The predicted molar refractivity (Wildman–Crippen MR) is 74.6 cm³/mol. The largest absolute Gasteiger partial charge is 0.493 e. The molecule has 4 nitrogen and oxygen atoms in total. The summed E-state index contributed by atoms with van der Waals surface area (Å²) in [5.41, 5.74) is 1.29. The zero-order valence-corrected chi connectivity index (χ0v) is 11.9. The smallest absolute Gasteiger partial charge is 0.171 e. The molecule has 0 spiro atoms. The Morgan fingerprint density at radius 2 is 2.05 bits per heavy atom. The van der Waals surface area contributed by atoms with E-state index < -0.39 is 0 Å². The van der Waals surface area contributed by atoms with E-state index >= 15 is 0 Å². The highest BCUT2D eigenvalue weighted by Crippen LogP contribution is 2.36. The Hall–Kier alpha value is -1.10. The Bertz CT molecular complexity index is 393. The molecule has 0 saturated carbocycles. The molecule has 2 rings (SSSR count). The molecular formula is C15H23NO3. The standard InChI is InChI=1S/C15H23NO3/c1-16-13(15(17-2)18-3)10-11-8-9-19-14-7-5-4-6-12(11)14/h4-7,11,13,15-16H,8-10H2,1-3H3. The molecule has 1 aliphatic rings. The summed E-state index contributed by atoms with van der Waals surface area (Å²) in [6.45, 7) is 0.781. The molecular weight excluding hydrogens is 242 g/mol. The molecule has 2 unspecified atom stereocenters. The van der Waals surface area contributed by atoms with Crippen LogP contribution in [0.25, 0.3) is 0 Å². The molecule has 0 saturated heterocycles. The normalized spacial score (nSPS) is 19.9. The number of para-hydroxylation sites is 1.